The average molecular weight is 314 g/mol. The molecule has 1 aliphatic carbocycles. The van der Waals surface area contributed by atoms with Crippen LogP contribution in [-0.2, 0) is 13.5 Å². The van der Waals surface area contributed by atoms with Gasteiger partial charge in [0.25, 0.3) is 0 Å². The maximum Gasteiger partial charge on any atom is 0.323 e. The zero-order chi connectivity index (χ0) is 16.2. The van der Waals surface area contributed by atoms with Gasteiger partial charge in [-0.05, 0) is 30.4 Å². The Balaban J connectivity index is 1.84. The molecule has 1 aromatic heterocycles. The van der Waals surface area contributed by atoms with E-state index in [4.69, 9.17) is 0 Å². The molecule has 0 radical (unpaired) electrons. The van der Waals surface area contributed by atoms with Crippen LogP contribution in [-0.4, -0.2) is 39.0 Å². The van der Waals surface area contributed by atoms with Gasteiger partial charge in [-0.15, -0.1) is 0 Å². The summed E-state index contributed by atoms with van der Waals surface area (Å²) in [5, 5.41) is 16.3. The molecule has 0 aliphatic heterocycles. The molecule has 1 unspecified atom stereocenters. The molecule has 122 valence electrons. The molecule has 23 heavy (non-hydrogen) atoms. The number of anilines is 1. The molecule has 2 amide bonds. The maximum absolute atomic E-state index is 12.7. The van der Waals surface area contributed by atoms with Crippen LogP contribution in [0.1, 0.15) is 30.0 Å². The van der Waals surface area contributed by atoms with Gasteiger partial charge in [0.05, 0.1) is 18.8 Å². The number of rotatable bonds is 4. The second kappa shape index (κ2) is 6.83. The SMILES string of the molecule is Cn1nccc1NC(=O)N(CCO)C1CCCc2ccccc21. The van der Waals surface area contributed by atoms with Crippen LogP contribution in [0.2, 0.25) is 0 Å². The van der Waals surface area contributed by atoms with Crippen molar-refractivity contribution < 1.29 is 9.90 Å². The van der Waals surface area contributed by atoms with Gasteiger partial charge in [-0.3, -0.25) is 10.00 Å². The van der Waals surface area contributed by atoms with Crippen LogP contribution in [0.4, 0.5) is 10.6 Å². The van der Waals surface area contributed by atoms with Crippen molar-refractivity contribution >= 4 is 11.8 Å². The van der Waals surface area contributed by atoms with Gasteiger partial charge in [-0.25, -0.2) is 4.79 Å². The van der Waals surface area contributed by atoms with Crippen molar-refractivity contribution in [1.29, 1.82) is 0 Å². The molecule has 6 heteroatoms. The van der Waals surface area contributed by atoms with Crippen LogP contribution in [0.15, 0.2) is 36.5 Å². The molecule has 1 aliphatic rings. The molecule has 3 rings (SSSR count). The Hall–Kier alpha value is -2.34. The van der Waals surface area contributed by atoms with Crippen LogP contribution in [0.3, 0.4) is 0 Å². The van der Waals surface area contributed by atoms with Crippen molar-refractivity contribution in [3.8, 4) is 0 Å². The number of aliphatic hydroxyl groups excluding tert-OH is 1. The fourth-order valence-electron chi connectivity index (χ4n) is 3.24. The van der Waals surface area contributed by atoms with Crippen molar-refractivity contribution in [3.05, 3.63) is 47.7 Å². The second-order valence-corrected chi connectivity index (χ2v) is 5.79. The number of nitrogens with one attached hydrogen (secondary N) is 1. The number of carbonyl (C=O) groups is 1. The molecule has 0 saturated heterocycles. The third-order valence-corrected chi connectivity index (χ3v) is 4.37. The molecule has 6 nitrogen and oxygen atoms in total. The first-order valence-corrected chi connectivity index (χ1v) is 7.95. The van der Waals surface area contributed by atoms with Crippen LogP contribution >= 0.6 is 0 Å². The van der Waals surface area contributed by atoms with Crippen molar-refractivity contribution in [1.82, 2.24) is 14.7 Å². The van der Waals surface area contributed by atoms with E-state index in [-0.39, 0.29) is 18.7 Å². The third kappa shape index (κ3) is 3.22. The van der Waals surface area contributed by atoms with E-state index < -0.39 is 0 Å². The summed E-state index contributed by atoms with van der Waals surface area (Å²) in [5.41, 5.74) is 2.48. The standard InChI is InChI=1S/C17H22N4O2/c1-20-16(9-10-18-20)19-17(23)21(11-12-22)15-8-4-6-13-5-2-3-7-14(13)15/h2-3,5,7,9-10,15,22H,4,6,8,11-12H2,1H3,(H,19,23). The number of benzene rings is 1. The summed E-state index contributed by atoms with van der Waals surface area (Å²) < 4.78 is 1.61. The Kier molecular flexibility index (Phi) is 4.62. The fraction of sp³-hybridized carbons (Fsp3) is 0.412. The number of aryl methyl sites for hydroxylation is 2. The summed E-state index contributed by atoms with van der Waals surface area (Å²) in [7, 11) is 1.78. The first-order valence-electron chi connectivity index (χ1n) is 7.95. The summed E-state index contributed by atoms with van der Waals surface area (Å²) in [5.74, 6) is 0.641. The third-order valence-electron chi connectivity index (χ3n) is 4.37. The lowest BCUT2D eigenvalue weighted by Crippen LogP contribution is -2.41. The Morgan fingerprint density at radius 1 is 1.43 bits per heavy atom. The van der Waals surface area contributed by atoms with Crippen LogP contribution in [0.5, 0.6) is 0 Å². The van der Waals surface area contributed by atoms with Gasteiger partial charge in [0.2, 0.25) is 0 Å². The Morgan fingerprint density at radius 3 is 3.00 bits per heavy atom. The van der Waals surface area contributed by atoms with E-state index in [2.05, 4.69) is 22.5 Å². The molecule has 1 heterocycles. The summed E-state index contributed by atoms with van der Waals surface area (Å²) in [6, 6.07) is 9.80. The van der Waals surface area contributed by atoms with E-state index in [0.29, 0.717) is 12.4 Å². The van der Waals surface area contributed by atoms with Gasteiger partial charge in [0.15, 0.2) is 0 Å². The number of amides is 2. The number of aliphatic hydroxyl groups is 1. The smallest absolute Gasteiger partial charge is 0.323 e. The summed E-state index contributed by atoms with van der Waals surface area (Å²) in [6.07, 6.45) is 4.64. The number of fused-ring (bicyclic) bond motifs is 1. The number of carbonyl (C=O) groups excluding carboxylic acids is 1. The molecule has 2 N–H and O–H groups in total. The number of hydrogen-bond donors (Lipinski definition) is 2. The average Bonchev–Trinajstić information content (AvgIpc) is 2.97. The van der Waals surface area contributed by atoms with Gasteiger partial charge < -0.3 is 10.0 Å². The number of nitrogens with zero attached hydrogens (tertiary/aromatic N) is 3. The maximum atomic E-state index is 12.7. The molecular weight excluding hydrogens is 292 g/mol. The number of hydrogen-bond acceptors (Lipinski definition) is 3. The highest BCUT2D eigenvalue weighted by Crippen LogP contribution is 2.34. The van der Waals surface area contributed by atoms with E-state index in [0.717, 1.165) is 19.3 Å². The summed E-state index contributed by atoms with van der Waals surface area (Å²) >= 11 is 0. The van der Waals surface area contributed by atoms with Crippen molar-refractivity contribution in [2.45, 2.75) is 25.3 Å². The van der Waals surface area contributed by atoms with Crippen molar-refractivity contribution in [2.24, 2.45) is 7.05 Å². The molecule has 0 fully saturated rings. The van der Waals surface area contributed by atoms with E-state index in [1.54, 1.807) is 28.9 Å². The van der Waals surface area contributed by atoms with E-state index >= 15 is 0 Å². The molecule has 2 aromatic rings. The first kappa shape index (κ1) is 15.6. The zero-order valence-electron chi connectivity index (χ0n) is 13.3. The predicted molar refractivity (Wildman–Crippen MR) is 88.1 cm³/mol. The van der Waals surface area contributed by atoms with Crippen LogP contribution < -0.4 is 5.32 Å². The minimum absolute atomic E-state index is 0.000303. The van der Waals surface area contributed by atoms with Gasteiger partial charge in [0.1, 0.15) is 5.82 Å². The fourth-order valence-corrected chi connectivity index (χ4v) is 3.24. The zero-order valence-corrected chi connectivity index (χ0v) is 13.3. The molecule has 1 atom stereocenters. The monoisotopic (exact) mass is 314 g/mol. The number of urea groups is 1. The quantitative estimate of drug-likeness (QED) is 0.910. The summed E-state index contributed by atoms with van der Waals surface area (Å²) in [4.78, 5) is 14.5. The van der Waals surface area contributed by atoms with Crippen LogP contribution in [0, 0.1) is 0 Å². The lowest BCUT2D eigenvalue weighted by atomic mass is 9.87. The van der Waals surface area contributed by atoms with Crippen LogP contribution in [0.25, 0.3) is 0 Å². The highest BCUT2D eigenvalue weighted by atomic mass is 16.3. The Morgan fingerprint density at radius 2 is 2.26 bits per heavy atom. The van der Waals surface area contributed by atoms with E-state index in [9.17, 15) is 9.90 Å². The highest BCUT2D eigenvalue weighted by Gasteiger charge is 2.29. The first-order chi connectivity index (χ1) is 11.2. The Labute approximate surface area is 135 Å². The molecule has 0 spiro atoms. The van der Waals surface area contributed by atoms with Gasteiger partial charge in [-0.1, -0.05) is 24.3 Å². The lowest BCUT2D eigenvalue weighted by molar-refractivity contribution is 0.154. The van der Waals surface area contributed by atoms with Crippen molar-refractivity contribution in [3.63, 3.8) is 0 Å². The van der Waals surface area contributed by atoms with Gasteiger partial charge in [0, 0.05) is 19.7 Å². The number of aromatic nitrogens is 2. The van der Waals surface area contributed by atoms with Crippen molar-refractivity contribution in [2.75, 3.05) is 18.5 Å². The largest absolute Gasteiger partial charge is 0.395 e. The highest BCUT2D eigenvalue weighted by molar-refractivity contribution is 5.88. The molecule has 0 saturated carbocycles. The second-order valence-electron chi connectivity index (χ2n) is 5.79. The molecular formula is C17H22N4O2. The minimum atomic E-state index is -0.204. The lowest BCUT2D eigenvalue weighted by Gasteiger charge is -2.35. The minimum Gasteiger partial charge on any atom is -0.395 e. The molecule has 0 bridgehead atoms. The predicted octanol–water partition coefficient (Wildman–Crippen LogP) is 2.32. The van der Waals surface area contributed by atoms with Gasteiger partial charge >= 0.3 is 6.03 Å². The molecule has 1 aromatic carbocycles. The topological polar surface area (TPSA) is 70.4 Å². The van der Waals surface area contributed by atoms with Gasteiger partial charge in [-0.2, -0.15) is 5.10 Å². The van der Waals surface area contributed by atoms with E-state index in [1.807, 2.05) is 12.1 Å². The Bertz CT molecular complexity index is 683. The normalized spacial score (nSPS) is 16.7. The van der Waals surface area contributed by atoms with E-state index in [1.165, 1.54) is 11.1 Å². The summed E-state index contributed by atoms with van der Waals surface area (Å²) in [6.45, 7) is 0.250.